The van der Waals surface area contributed by atoms with E-state index in [1.54, 1.807) is 0 Å². The Labute approximate surface area is 133 Å². The maximum absolute atomic E-state index is 12.4. The highest BCUT2D eigenvalue weighted by atomic mass is 35.5. The summed E-state index contributed by atoms with van der Waals surface area (Å²) in [5.74, 6) is 0.883. The number of hydrogen-bond acceptors (Lipinski definition) is 3. The van der Waals surface area contributed by atoms with Crippen molar-refractivity contribution in [1.82, 2.24) is 5.32 Å². The predicted molar refractivity (Wildman–Crippen MR) is 88.3 cm³/mol. The fourth-order valence-electron chi connectivity index (χ4n) is 2.42. The average molecular weight is 313 g/mol. The molecular formula is C16H25ClN2O2. The minimum Gasteiger partial charge on any atom is -0.494 e. The summed E-state index contributed by atoms with van der Waals surface area (Å²) in [6, 6.07) is 7.60. The van der Waals surface area contributed by atoms with Crippen LogP contribution in [0.1, 0.15) is 33.1 Å². The van der Waals surface area contributed by atoms with E-state index in [0.29, 0.717) is 6.61 Å². The highest BCUT2D eigenvalue weighted by Crippen LogP contribution is 2.28. The molecule has 0 radical (unpaired) electrons. The van der Waals surface area contributed by atoms with Crippen LogP contribution in [0.5, 0.6) is 5.75 Å². The van der Waals surface area contributed by atoms with Gasteiger partial charge in [0.2, 0.25) is 5.91 Å². The molecule has 118 valence electrons. The van der Waals surface area contributed by atoms with Crippen LogP contribution in [0.15, 0.2) is 24.3 Å². The molecule has 1 aromatic rings. The number of ether oxygens (including phenoxy) is 1. The lowest BCUT2D eigenvalue weighted by molar-refractivity contribution is -0.125. The van der Waals surface area contributed by atoms with E-state index < -0.39 is 0 Å². The van der Waals surface area contributed by atoms with Crippen molar-refractivity contribution < 1.29 is 9.53 Å². The Hall–Kier alpha value is -1.26. The van der Waals surface area contributed by atoms with Crippen molar-refractivity contribution in [3.05, 3.63) is 24.3 Å². The molecule has 1 aromatic carbocycles. The number of piperidine rings is 1. The number of carbonyl (C=O) groups is 1. The number of anilines is 1. The molecule has 0 aromatic heterocycles. The zero-order valence-electron chi connectivity index (χ0n) is 12.8. The van der Waals surface area contributed by atoms with Gasteiger partial charge in [-0.1, -0.05) is 13.0 Å². The molecule has 0 aliphatic carbocycles. The van der Waals surface area contributed by atoms with Crippen LogP contribution in [0.4, 0.5) is 5.69 Å². The highest BCUT2D eigenvalue weighted by Gasteiger charge is 2.34. The van der Waals surface area contributed by atoms with E-state index in [9.17, 15) is 4.79 Å². The smallest absolute Gasteiger partial charge is 0.231 e. The number of carbonyl (C=O) groups excluding carboxylic acids is 1. The Bertz CT molecular complexity index is 459. The molecule has 1 atom stereocenters. The molecule has 2 N–H and O–H groups in total. The van der Waals surface area contributed by atoms with Crippen molar-refractivity contribution >= 4 is 24.0 Å². The van der Waals surface area contributed by atoms with Crippen LogP contribution in [-0.2, 0) is 4.79 Å². The first kappa shape index (κ1) is 17.8. The summed E-state index contributed by atoms with van der Waals surface area (Å²) < 4.78 is 5.58. The molecule has 1 fully saturated rings. The topological polar surface area (TPSA) is 50.4 Å². The van der Waals surface area contributed by atoms with Gasteiger partial charge < -0.3 is 15.4 Å². The summed E-state index contributed by atoms with van der Waals surface area (Å²) >= 11 is 0. The summed E-state index contributed by atoms with van der Waals surface area (Å²) in [6.07, 6.45) is 2.95. The first-order chi connectivity index (χ1) is 9.64. The van der Waals surface area contributed by atoms with Crippen LogP contribution in [0.25, 0.3) is 0 Å². The van der Waals surface area contributed by atoms with E-state index in [1.165, 1.54) is 0 Å². The van der Waals surface area contributed by atoms with E-state index >= 15 is 0 Å². The number of benzene rings is 1. The zero-order chi connectivity index (χ0) is 14.4. The molecule has 0 saturated carbocycles. The van der Waals surface area contributed by atoms with Crippen molar-refractivity contribution in [1.29, 1.82) is 0 Å². The van der Waals surface area contributed by atoms with Gasteiger partial charge in [-0.2, -0.15) is 0 Å². The molecular weight excluding hydrogens is 288 g/mol. The van der Waals surface area contributed by atoms with Crippen molar-refractivity contribution in [3.63, 3.8) is 0 Å². The molecule has 1 heterocycles. The Morgan fingerprint density at radius 2 is 2.29 bits per heavy atom. The van der Waals surface area contributed by atoms with Gasteiger partial charge in [0.25, 0.3) is 0 Å². The van der Waals surface area contributed by atoms with Crippen LogP contribution in [0.3, 0.4) is 0 Å². The van der Waals surface area contributed by atoms with E-state index in [4.69, 9.17) is 4.74 Å². The van der Waals surface area contributed by atoms with E-state index in [0.717, 1.165) is 43.8 Å². The predicted octanol–water partition coefficient (Wildman–Crippen LogP) is 3.23. The fourth-order valence-corrected chi connectivity index (χ4v) is 2.42. The third-order valence-electron chi connectivity index (χ3n) is 3.71. The molecule has 21 heavy (non-hydrogen) atoms. The molecule has 1 aliphatic rings. The quantitative estimate of drug-likeness (QED) is 0.877. The van der Waals surface area contributed by atoms with Gasteiger partial charge >= 0.3 is 0 Å². The van der Waals surface area contributed by atoms with Gasteiger partial charge in [0, 0.05) is 18.3 Å². The molecule has 2 rings (SSSR count). The minimum absolute atomic E-state index is 0. The summed E-state index contributed by atoms with van der Waals surface area (Å²) in [5.41, 5.74) is 0.480. The SMILES string of the molecule is CCCOc1cccc(NC(=O)C2(C)CCCNC2)c1.Cl. The van der Waals surface area contributed by atoms with Crippen molar-refractivity contribution in [3.8, 4) is 5.75 Å². The van der Waals surface area contributed by atoms with Crippen molar-refractivity contribution in [2.45, 2.75) is 33.1 Å². The number of amides is 1. The monoisotopic (exact) mass is 312 g/mol. The Morgan fingerprint density at radius 1 is 1.48 bits per heavy atom. The number of hydrogen-bond donors (Lipinski definition) is 2. The van der Waals surface area contributed by atoms with E-state index in [-0.39, 0.29) is 23.7 Å². The van der Waals surface area contributed by atoms with Crippen LogP contribution in [-0.4, -0.2) is 25.6 Å². The molecule has 1 aliphatic heterocycles. The summed E-state index contributed by atoms with van der Waals surface area (Å²) in [6.45, 7) is 6.53. The molecule has 1 amide bonds. The lowest BCUT2D eigenvalue weighted by Gasteiger charge is -2.32. The van der Waals surface area contributed by atoms with E-state index in [2.05, 4.69) is 17.6 Å². The standard InChI is InChI=1S/C16H24N2O2.ClH/c1-3-10-20-14-7-4-6-13(11-14)18-15(19)16(2)8-5-9-17-12-16;/h4,6-7,11,17H,3,5,8-10,12H2,1-2H3,(H,18,19);1H. The van der Waals surface area contributed by atoms with E-state index in [1.807, 2.05) is 31.2 Å². The van der Waals surface area contributed by atoms with Gasteiger partial charge in [-0.15, -0.1) is 12.4 Å². The second-order valence-corrected chi connectivity index (χ2v) is 5.67. The second-order valence-electron chi connectivity index (χ2n) is 5.67. The zero-order valence-corrected chi connectivity index (χ0v) is 13.6. The van der Waals surface area contributed by atoms with Gasteiger partial charge in [0.05, 0.1) is 12.0 Å². The van der Waals surface area contributed by atoms with Gasteiger partial charge in [0.1, 0.15) is 5.75 Å². The van der Waals surface area contributed by atoms with Gasteiger partial charge in [-0.05, 0) is 44.9 Å². The van der Waals surface area contributed by atoms with Crippen molar-refractivity contribution in [2.24, 2.45) is 5.41 Å². The third-order valence-corrected chi connectivity index (χ3v) is 3.71. The summed E-state index contributed by atoms with van der Waals surface area (Å²) in [7, 11) is 0. The number of nitrogens with one attached hydrogen (secondary N) is 2. The third kappa shape index (κ3) is 4.90. The maximum atomic E-state index is 12.4. The summed E-state index contributed by atoms with van der Waals surface area (Å²) in [5, 5.41) is 6.31. The van der Waals surface area contributed by atoms with Crippen LogP contribution in [0.2, 0.25) is 0 Å². The van der Waals surface area contributed by atoms with Crippen LogP contribution < -0.4 is 15.4 Å². The normalized spacial score (nSPS) is 21.2. The number of rotatable bonds is 5. The summed E-state index contributed by atoms with van der Waals surface area (Å²) in [4.78, 5) is 12.4. The Morgan fingerprint density at radius 3 is 2.95 bits per heavy atom. The number of halogens is 1. The fraction of sp³-hybridized carbons (Fsp3) is 0.562. The molecule has 4 nitrogen and oxygen atoms in total. The maximum Gasteiger partial charge on any atom is 0.231 e. The Balaban J connectivity index is 0.00000220. The first-order valence-electron chi connectivity index (χ1n) is 7.39. The average Bonchev–Trinajstić information content (AvgIpc) is 2.46. The Kier molecular flexibility index (Phi) is 6.99. The second kappa shape index (κ2) is 8.25. The largest absolute Gasteiger partial charge is 0.494 e. The molecule has 0 spiro atoms. The molecule has 1 saturated heterocycles. The van der Waals surface area contributed by atoms with Crippen LogP contribution in [0, 0.1) is 5.41 Å². The minimum atomic E-state index is -0.321. The highest BCUT2D eigenvalue weighted by molar-refractivity contribution is 5.95. The van der Waals surface area contributed by atoms with Crippen molar-refractivity contribution in [2.75, 3.05) is 25.0 Å². The van der Waals surface area contributed by atoms with Gasteiger partial charge in [-0.3, -0.25) is 4.79 Å². The lowest BCUT2D eigenvalue weighted by Crippen LogP contribution is -2.46. The van der Waals surface area contributed by atoms with Crippen LogP contribution >= 0.6 is 12.4 Å². The molecule has 5 heteroatoms. The first-order valence-corrected chi connectivity index (χ1v) is 7.39. The van der Waals surface area contributed by atoms with Gasteiger partial charge in [0.15, 0.2) is 0 Å². The lowest BCUT2D eigenvalue weighted by atomic mass is 9.82. The molecule has 0 bridgehead atoms. The van der Waals surface area contributed by atoms with Gasteiger partial charge in [-0.25, -0.2) is 0 Å². The molecule has 1 unspecified atom stereocenters.